The summed E-state index contributed by atoms with van der Waals surface area (Å²) in [4.78, 5) is 23.5. The fraction of sp³-hybridized carbons (Fsp3) is 0.600. The van der Waals surface area contributed by atoms with Crippen molar-refractivity contribution in [3.05, 3.63) is 12.2 Å². The van der Waals surface area contributed by atoms with Gasteiger partial charge in [0.25, 0.3) is 0 Å². The van der Waals surface area contributed by atoms with Crippen LogP contribution in [0.25, 0.3) is 0 Å². The van der Waals surface area contributed by atoms with Crippen LogP contribution < -0.4 is 5.32 Å². The minimum absolute atomic E-state index is 0.363. The number of likely N-dealkylation sites (N-methyl/N-ethyl adjacent to an activating group) is 1. The van der Waals surface area contributed by atoms with Gasteiger partial charge in [-0.15, -0.1) is 0 Å². The first kappa shape index (κ1) is 13.5. The molecule has 5 nitrogen and oxygen atoms in total. The van der Waals surface area contributed by atoms with E-state index in [4.69, 9.17) is 5.11 Å². The van der Waals surface area contributed by atoms with Crippen LogP contribution in [0, 0.1) is 0 Å². The molecule has 0 aliphatic heterocycles. The number of carboxylic acid groups (broad SMARTS) is 1. The Balaban J connectivity index is 4.21. The molecule has 0 spiro atoms. The van der Waals surface area contributed by atoms with Crippen molar-refractivity contribution in [1.82, 2.24) is 10.2 Å². The van der Waals surface area contributed by atoms with Crippen LogP contribution in [0.15, 0.2) is 12.2 Å². The number of hydrogen-bond acceptors (Lipinski definition) is 2. The third-order valence-electron chi connectivity index (χ3n) is 1.86. The Kier molecular flexibility index (Phi) is 5.44. The lowest BCUT2D eigenvalue weighted by molar-refractivity contribution is -0.139. The van der Waals surface area contributed by atoms with Gasteiger partial charge in [-0.05, 0) is 13.3 Å². The minimum Gasteiger partial charge on any atom is -0.480 e. The molecular formula is C10H18N2O3. The third kappa shape index (κ3) is 5.05. The van der Waals surface area contributed by atoms with Gasteiger partial charge in [-0.3, -0.25) is 0 Å². The molecule has 2 N–H and O–H groups in total. The summed E-state index contributed by atoms with van der Waals surface area (Å²) in [7, 11) is 1.60. The van der Waals surface area contributed by atoms with Gasteiger partial charge in [0.05, 0.1) is 0 Å². The first-order valence-electron chi connectivity index (χ1n) is 4.77. The topological polar surface area (TPSA) is 69.6 Å². The Bertz CT molecular complexity index is 263. The van der Waals surface area contributed by atoms with Crippen molar-refractivity contribution in [3.63, 3.8) is 0 Å². The molecule has 0 aromatic carbocycles. The maximum absolute atomic E-state index is 11.5. The van der Waals surface area contributed by atoms with Crippen molar-refractivity contribution < 1.29 is 14.7 Å². The van der Waals surface area contributed by atoms with E-state index >= 15 is 0 Å². The molecule has 15 heavy (non-hydrogen) atoms. The van der Waals surface area contributed by atoms with E-state index in [9.17, 15) is 9.59 Å². The van der Waals surface area contributed by atoms with Gasteiger partial charge in [-0.2, -0.15) is 0 Å². The first-order valence-corrected chi connectivity index (χ1v) is 4.77. The van der Waals surface area contributed by atoms with Crippen molar-refractivity contribution >= 4 is 12.0 Å². The van der Waals surface area contributed by atoms with Crippen LogP contribution >= 0.6 is 0 Å². The molecule has 5 heteroatoms. The standard InChI is InChI=1S/C10H18N2O3/c1-5-8(9(13)14)11-10(15)12(4)6-7(2)3/h8H,2,5-6H2,1,3-4H3,(H,11,15)(H,13,14)/t8-/m1/s1. The summed E-state index contributed by atoms with van der Waals surface area (Å²) in [5, 5.41) is 11.2. The summed E-state index contributed by atoms with van der Waals surface area (Å²) < 4.78 is 0. The van der Waals surface area contributed by atoms with Gasteiger partial charge in [-0.25, -0.2) is 9.59 Å². The molecule has 0 heterocycles. The van der Waals surface area contributed by atoms with E-state index in [1.165, 1.54) is 4.90 Å². The molecular weight excluding hydrogens is 196 g/mol. The van der Waals surface area contributed by atoms with E-state index in [1.807, 2.05) is 0 Å². The molecule has 0 bridgehead atoms. The van der Waals surface area contributed by atoms with E-state index in [0.717, 1.165) is 5.57 Å². The second kappa shape index (κ2) is 6.06. The number of carboxylic acids is 1. The maximum Gasteiger partial charge on any atom is 0.326 e. The fourth-order valence-corrected chi connectivity index (χ4v) is 1.07. The highest BCUT2D eigenvalue weighted by Gasteiger charge is 2.19. The number of nitrogens with zero attached hydrogens (tertiary/aromatic N) is 1. The number of carbonyl (C=O) groups is 2. The van der Waals surface area contributed by atoms with Crippen LogP contribution in [0.5, 0.6) is 0 Å². The van der Waals surface area contributed by atoms with Gasteiger partial charge >= 0.3 is 12.0 Å². The van der Waals surface area contributed by atoms with Crippen LogP contribution in [0.3, 0.4) is 0 Å². The fourth-order valence-electron chi connectivity index (χ4n) is 1.07. The molecule has 0 saturated heterocycles. The second-order valence-electron chi connectivity index (χ2n) is 3.56. The van der Waals surface area contributed by atoms with E-state index in [2.05, 4.69) is 11.9 Å². The summed E-state index contributed by atoms with van der Waals surface area (Å²) in [6.07, 6.45) is 0.363. The maximum atomic E-state index is 11.5. The lowest BCUT2D eigenvalue weighted by Gasteiger charge is -2.20. The van der Waals surface area contributed by atoms with Gasteiger partial charge in [0.2, 0.25) is 0 Å². The van der Waals surface area contributed by atoms with E-state index in [-0.39, 0.29) is 0 Å². The Hall–Kier alpha value is -1.52. The average Bonchev–Trinajstić information content (AvgIpc) is 2.11. The third-order valence-corrected chi connectivity index (χ3v) is 1.86. The highest BCUT2D eigenvalue weighted by Crippen LogP contribution is 1.96. The first-order chi connectivity index (χ1) is 6.88. The van der Waals surface area contributed by atoms with Gasteiger partial charge in [0, 0.05) is 13.6 Å². The van der Waals surface area contributed by atoms with Gasteiger partial charge < -0.3 is 15.3 Å². The SMILES string of the molecule is C=C(C)CN(C)C(=O)N[C@H](CC)C(=O)O. The molecule has 86 valence electrons. The van der Waals surface area contributed by atoms with E-state index in [0.29, 0.717) is 13.0 Å². The molecule has 0 aliphatic carbocycles. The molecule has 0 saturated carbocycles. The smallest absolute Gasteiger partial charge is 0.326 e. The molecule has 0 aliphatic rings. The predicted molar refractivity (Wildman–Crippen MR) is 57.7 cm³/mol. The number of nitrogens with one attached hydrogen (secondary N) is 1. The van der Waals surface area contributed by atoms with E-state index in [1.54, 1.807) is 20.9 Å². The summed E-state index contributed by atoms with van der Waals surface area (Å²) in [6.45, 7) is 7.60. The average molecular weight is 214 g/mol. The molecule has 0 radical (unpaired) electrons. The number of hydrogen-bond donors (Lipinski definition) is 2. The highest BCUT2D eigenvalue weighted by molar-refractivity contribution is 5.82. The Morgan fingerprint density at radius 2 is 2.07 bits per heavy atom. The van der Waals surface area contributed by atoms with Crippen molar-refractivity contribution in [2.24, 2.45) is 0 Å². The number of amides is 2. The van der Waals surface area contributed by atoms with Crippen LogP contribution in [0.4, 0.5) is 4.79 Å². The lowest BCUT2D eigenvalue weighted by atomic mass is 10.2. The van der Waals surface area contributed by atoms with Gasteiger partial charge in [-0.1, -0.05) is 19.1 Å². The molecule has 1 atom stereocenters. The zero-order valence-corrected chi connectivity index (χ0v) is 9.41. The van der Waals surface area contributed by atoms with Crippen molar-refractivity contribution in [3.8, 4) is 0 Å². The minimum atomic E-state index is -1.02. The van der Waals surface area contributed by atoms with Gasteiger partial charge in [0.15, 0.2) is 0 Å². The normalized spacial score (nSPS) is 11.7. The monoisotopic (exact) mass is 214 g/mol. The van der Waals surface area contributed by atoms with E-state index < -0.39 is 18.0 Å². The summed E-state index contributed by atoms with van der Waals surface area (Å²) >= 11 is 0. The Labute approximate surface area is 89.8 Å². The zero-order valence-electron chi connectivity index (χ0n) is 9.41. The summed E-state index contributed by atoms with van der Waals surface area (Å²) in [5.74, 6) is -1.02. The highest BCUT2D eigenvalue weighted by atomic mass is 16.4. The molecule has 0 aromatic rings. The second-order valence-corrected chi connectivity index (χ2v) is 3.56. The Morgan fingerprint density at radius 3 is 2.40 bits per heavy atom. The molecule has 0 unspecified atom stereocenters. The summed E-state index contributed by atoms with van der Waals surface area (Å²) in [5.41, 5.74) is 0.844. The molecule has 0 fully saturated rings. The Morgan fingerprint density at radius 1 is 1.53 bits per heavy atom. The number of carbonyl (C=O) groups excluding carboxylic acids is 1. The zero-order chi connectivity index (χ0) is 12.0. The number of urea groups is 1. The molecule has 0 rings (SSSR count). The van der Waals surface area contributed by atoms with Crippen molar-refractivity contribution in [2.45, 2.75) is 26.3 Å². The lowest BCUT2D eigenvalue weighted by Crippen LogP contribution is -2.46. The van der Waals surface area contributed by atoms with Crippen LogP contribution in [-0.4, -0.2) is 41.6 Å². The van der Waals surface area contributed by atoms with Crippen molar-refractivity contribution in [2.75, 3.05) is 13.6 Å². The van der Waals surface area contributed by atoms with Crippen molar-refractivity contribution in [1.29, 1.82) is 0 Å². The van der Waals surface area contributed by atoms with Crippen LogP contribution in [0.1, 0.15) is 20.3 Å². The van der Waals surface area contributed by atoms with Gasteiger partial charge in [0.1, 0.15) is 6.04 Å². The van der Waals surface area contributed by atoms with Crippen LogP contribution in [-0.2, 0) is 4.79 Å². The predicted octanol–water partition coefficient (Wildman–Crippen LogP) is 1.07. The molecule has 2 amide bonds. The summed E-state index contributed by atoms with van der Waals surface area (Å²) in [6, 6.07) is -1.22. The number of rotatable bonds is 5. The quantitative estimate of drug-likeness (QED) is 0.672. The molecule has 0 aromatic heterocycles. The number of aliphatic carboxylic acids is 1. The largest absolute Gasteiger partial charge is 0.480 e. The van der Waals surface area contributed by atoms with Crippen LogP contribution in [0.2, 0.25) is 0 Å².